The first-order valence-corrected chi connectivity index (χ1v) is 9.67. The van der Waals surface area contributed by atoms with Crippen molar-refractivity contribution in [2.45, 2.75) is 5.60 Å². The molecule has 0 heterocycles. The zero-order chi connectivity index (χ0) is 23.5. The minimum absolute atomic E-state index is 0.0255. The second kappa shape index (κ2) is 9.23. The summed E-state index contributed by atoms with van der Waals surface area (Å²) in [4.78, 5) is 12.9. The van der Waals surface area contributed by atoms with Crippen LogP contribution in [0, 0.1) is 0 Å². The standard InChI is InChI=1S/C24H26O8/c1-27-16-10-8-7-9-14(16)11-12-15-13-17(28-2)19(29-3)20(30-4)18(15)24(26)22(25)21(31-5)23(24)32-6/h7-13,26H,1-6H3/b12-11-. The molecule has 0 radical (unpaired) electrons. The molecule has 8 nitrogen and oxygen atoms in total. The van der Waals surface area contributed by atoms with Crippen molar-refractivity contribution in [3.05, 3.63) is 58.5 Å². The van der Waals surface area contributed by atoms with Gasteiger partial charge in [-0.1, -0.05) is 30.4 Å². The molecule has 2 aromatic carbocycles. The second-order valence-electron chi connectivity index (χ2n) is 6.79. The third kappa shape index (κ3) is 3.42. The lowest BCUT2D eigenvalue weighted by atomic mass is 9.74. The van der Waals surface area contributed by atoms with Crippen LogP contribution in [0.4, 0.5) is 0 Å². The molecule has 0 aliphatic heterocycles. The van der Waals surface area contributed by atoms with Crippen molar-refractivity contribution in [3.8, 4) is 23.0 Å². The molecule has 3 rings (SSSR count). The smallest absolute Gasteiger partial charge is 0.245 e. The van der Waals surface area contributed by atoms with Crippen molar-refractivity contribution in [1.82, 2.24) is 0 Å². The second-order valence-corrected chi connectivity index (χ2v) is 6.79. The maximum Gasteiger partial charge on any atom is 0.245 e. The monoisotopic (exact) mass is 442 g/mol. The lowest BCUT2D eigenvalue weighted by molar-refractivity contribution is -0.147. The number of ether oxygens (including phenoxy) is 6. The first-order valence-electron chi connectivity index (χ1n) is 9.67. The average molecular weight is 442 g/mol. The summed E-state index contributed by atoms with van der Waals surface area (Å²) < 4.78 is 32.3. The Morgan fingerprint density at radius 1 is 0.750 bits per heavy atom. The number of para-hydroxylation sites is 1. The number of Topliss-reactive ketones (excluding diaryl/α,β-unsaturated/α-hetero) is 1. The van der Waals surface area contributed by atoms with E-state index in [1.165, 1.54) is 35.5 Å². The van der Waals surface area contributed by atoms with Crippen LogP contribution in [-0.4, -0.2) is 53.5 Å². The van der Waals surface area contributed by atoms with Crippen molar-refractivity contribution in [3.63, 3.8) is 0 Å². The number of hydrogen-bond donors (Lipinski definition) is 1. The molecule has 170 valence electrons. The zero-order valence-corrected chi connectivity index (χ0v) is 18.8. The summed E-state index contributed by atoms with van der Waals surface area (Å²) in [6, 6.07) is 9.08. The molecule has 2 aromatic rings. The SMILES string of the molecule is COC1=C(OC)C(O)(c2c(/C=C\c3ccccc3OC)cc(OC)c(OC)c2OC)C1=O. The Balaban J connectivity index is 2.31. The molecule has 0 aromatic heterocycles. The highest BCUT2D eigenvalue weighted by atomic mass is 16.5. The summed E-state index contributed by atoms with van der Waals surface area (Å²) in [7, 11) is 8.60. The van der Waals surface area contributed by atoms with Gasteiger partial charge in [0.1, 0.15) is 5.75 Å². The lowest BCUT2D eigenvalue weighted by Crippen LogP contribution is -2.50. The Kier molecular flexibility index (Phi) is 6.64. The lowest BCUT2D eigenvalue weighted by Gasteiger charge is -2.39. The van der Waals surface area contributed by atoms with Gasteiger partial charge in [-0.25, -0.2) is 0 Å². The topological polar surface area (TPSA) is 92.7 Å². The fourth-order valence-corrected chi connectivity index (χ4v) is 3.79. The van der Waals surface area contributed by atoms with Gasteiger partial charge in [0.2, 0.25) is 22.9 Å². The number of hydrogen-bond acceptors (Lipinski definition) is 8. The van der Waals surface area contributed by atoms with Gasteiger partial charge in [-0.05, 0) is 17.7 Å². The van der Waals surface area contributed by atoms with E-state index in [9.17, 15) is 9.90 Å². The fraction of sp³-hybridized carbons (Fsp3) is 0.292. The van der Waals surface area contributed by atoms with Crippen LogP contribution in [0.25, 0.3) is 12.2 Å². The molecule has 32 heavy (non-hydrogen) atoms. The molecule has 1 N–H and O–H groups in total. The summed E-state index contributed by atoms with van der Waals surface area (Å²) in [6.07, 6.45) is 3.52. The van der Waals surface area contributed by atoms with Gasteiger partial charge < -0.3 is 33.5 Å². The highest BCUT2D eigenvalue weighted by Gasteiger charge is 2.60. The molecule has 1 atom stereocenters. The van der Waals surface area contributed by atoms with Gasteiger partial charge in [-0.2, -0.15) is 0 Å². The number of aliphatic hydroxyl groups is 1. The van der Waals surface area contributed by atoms with Crippen LogP contribution < -0.4 is 18.9 Å². The molecule has 1 unspecified atom stereocenters. The molecular formula is C24H26O8. The van der Waals surface area contributed by atoms with Crippen molar-refractivity contribution in [2.24, 2.45) is 0 Å². The highest BCUT2D eigenvalue weighted by molar-refractivity contribution is 6.11. The van der Waals surface area contributed by atoms with Gasteiger partial charge >= 0.3 is 0 Å². The molecule has 0 saturated heterocycles. The molecule has 0 amide bonds. The number of carbonyl (C=O) groups is 1. The van der Waals surface area contributed by atoms with Gasteiger partial charge in [-0.3, -0.25) is 4.79 Å². The predicted octanol–water partition coefficient (Wildman–Crippen LogP) is 3.17. The first kappa shape index (κ1) is 23.0. The normalized spacial score (nSPS) is 17.8. The Labute approximate surface area is 186 Å². The molecule has 1 aliphatic rings. The highest BCUT2D eigenvalue weighted by Crippen LogP contribution is 2.53. The Morgan fingerprint density at radius 3 is 1.94 bits per heavy atom. The van der Waals surface area contributed by atoms with E-state index >= 15 is 0 Å². The maximum atomic E-state index is 12.9. The summed E-state index contributed by atoms with van der Waals surface area (Å²) in [5.41, 5.74) is -0.745. The van der Waals surface area contributed by atoms with Crippen LogP contribution in [0.1, 0.15) is 16.7 Å². The first-order chi connectivity index (χ1) is 15.4. The van der Waals surface area contributed by atoms with Crippen LogP contribution in [0.5, 0.6) is 23.0 Å². The van der Waals surface area contributed by atoms with E-state index in [4.69, 9.17) is 28.4 Å². The van der Waals surface area contributed by atoms with Gasteiger partial charge in [0.15, 0.2) is 17.3 Å². The van der Waals surface area contributed by atoms with Crippen LogP contribution in [-0.2, 0) is 19.9 Å². The molecular weight excluding hydrogens is 416 g/mol. The van der Waals surface area contributed by atoms with Gasteiger partial charge in [0.25, 0.3) is 0 Å². The minimum Gasteiger partial charge on any atom is -0.496 e. The van der Waals surface area contributed by atoms with E-state index in [1.54, 1.807) is 25.3 Å². The fourth-order valence-electron chi connectivity index (χ4n) is 3.79. The Hall–Kier alpha value is -3.65. The Bertz CT molecular complexity index is 1090. The molecule has 1 aliphatic carbocycles. The van der Waals surface area contributed by atoms with E-state index in [1.807, 2.05) is 24.3 Å². The number of carbonyl (C=O) groups excluding carboxylic acids is 1. The van der Waals surface area contributed by atoms with Crippen LogP contribution in [0.15, 0.2) is 41.9 Å². The van der Waals surface area contributed by atoms with Crippen LogP contribution in [0.2, 0.25) is 0 Å². The van der Waals surface area contributed by atoms with Crippen molar-refractivity contribution >= 4 is 17.9 Å². The van der Waals surface area contributed by atoms with Crippen LogP contribution in [0.3, 0.4) is 0 Å². The third-order valence-electron chi connectivity index (χ3n) is 5.28. The van der Waals surface area contributed by atoms with E-state index in [2.05, 4.69) is 0 Å². The average Bonchev–Trinajstić information content (AvgIpc) is 2.83. The minimum atomic E-state index is -2.13. The number of rotatable bonds is 9. The van der Waals surface area contributed by atoms with E-state index < -0.39 is 11.4 Å². The maximum absolute atomic E-state index is 12.9. The van der Waals surface area contributed by atoms with Gasteiger partial charge in [0, 0.05) is 5.56 Å². The molecule has 0 saturated carbocycles. The predicted molar refractivity (Wildman–Crippen MR) is 118 cm³/mol. The van der Waals surface area contributed by atoms with Crippen molar-refractivity contribution in [1.29, 1.82) is 0 Å². The molecule has 0 bridgehead atoms. The van der Waals surface area contributed by atoms with Gasteiger partial charge in [0.05, 0.1) is 48.2 Å². The summed E-state index contributed by atoms with van der Waals surface area (Å²) in [6.45, 7) is 0. The molecule has 0 fully saturated rings. The Morgan fingerprint density at radius 2 is 1.38 bits per heavy atom. The van der Waals surface area contributed by atoms with Crippen molar-refractivity contribution in [2.75, 3.05) is 42.7 Å². The zero-order valence-electron chi connectivity index (χ0n) is 18.8. The number of ketones is 1. The summed E-state index contributed by atoms with van der Waals surface area (Å²) in [5.74, 6) is 0.630. The van der Waals surface area contributed by atoms with Crippen LogP contribution >= 0.6 is 0 Å². The molecule has 8 heteroatoms. The number of benzene rings is 2. The van der Waals surface area contributed by atoms with E-state index in [-0.39, 0.29) is 28.6 Å². The van der Waals surface area contributed by atoms with E-state index in [0.717, 1.165) is 5.56 Å². The molecule has 0 spiro atoms. The summed E-state index contributed by atoms with van der Waals surface area (Å²) in [5, 5.41) is 11.5. The quantitative estimate of drug-likeness (QED) is 0.592. The number of methoxy groups -OCH3 is 6. The third-order valence-corrected chi connectivity index (χ3v) is 5.28. The van der Waals surface area contributed by atoms with Gasteiger partial charge in [-0.15, -0.1) is 0 Å². The summed E-state index contributed by atoms with van der Waals surface area (Å²) >= 11 is 0. The largest absolute Gasteiger partial charge is 0.496 e. The van der Waals surface area contributed by atoms with Crippen molar-refractivity contribution < 1.29 is 38.3 Å². The van der Waals surface area contributed by atoms with E-state index in [0.29, 0.717) is 17.1 Å².